The van der Waals surface area contributed by atoms with Gasteiger partial charge in [-0.05, 0) is 56.2 Å². The summed E-state index contributed by atoms with van der Waals surface area (Å²) in [6, 6.07) is 3.28. The molecule has 1 rings (SSSR count). The van der Waals surface area contributed by atoms with Crippen LogP contribution in [0.4, 0.5) is 14.4 Å². The van der Waals surface area contributed by atoms with Crippen LogP contribution in [-0.2, 0) is 34.9 Å². The van der Waals surface area contributed by atoms with Gasteiger partial charge < -0.3 is 38.9 Å². The van der Waals surface area contributed by atoms with E-state index in [-0.39, 0.29) is 43.2 Å². The highest BCUT2D eigenvalue weighted by molar-refractivity contribution is 5.76. The number of hydrogen-bond donors (Lipinski definition) is 1. The third kappa shape index (κ3) is 16.6. The number of carbonyl (C=O) groups is 4. The maximum Gasteiger partial charge on any atom is 0.513 e. The molecule has 12 heteroatoms. The summed E-state index contributed by atoms with van der Waals surface area (Å²) in [5.74, 6) is -0.906. The van der Waals surface area contributed by atoms with Gasteiger partial charge in [-0.3, -0.25) is 4.79 Å². The number of rotatable bonds is 17. The highest BCUT2D eigenvalue weighted by Gasteiger charge is 2.26. The topological polar surface area (TPSA) is 159 Å². The maximum absolute atomic E-state index is 12.7. The van der Waals surface area contributed by atoms with Gasteiger partial charge in [-0.25, -0.2) is 14.4 Å². The van der Waals surface area contributed by atoms with Crippen molar-refractivity contribution in [2.75, 3.05) is 19.8 Å². The molecule has 0 amide bonds. The monoisotopic (exact) mass is 611 g/mol. The Bertz CT molecular complexity index is 1020. The van der Waals surface area contributed by atoms with E-state index in [0.717, 1.165) is 25.7 Å². The number of ether oxygens (including phenoxy) is 7. The van der Waals surface area contributed by atoms with Crippen molar-refractivity contribution in [1.82, 2.24) is 0 Å². The SMILES string of the molecule is CCCCCOC(=O)Oc1ccc(C[C@H](N)C(=O)O[C@@H](C)[C@H](C)OC(=O)OCC(C)(C)C)cc1OC(=O)OCCCCC. The quantitative estimate of drug-likeness (QED) is 0.0884. The van der Waals surface area contributed by atoms with E-state index in [1.165, 1.54) is 12.1 Å². The number of esters is 1. The Hall–Kier alpha value is -3.54. The highest BCUT2D eigenvalue weighted by Crippen LogP contribution is 2.30. The predicted molar refractivity (Wildman–Crippen MR) is 158 cm³/mol. The maximum atomic E-state index is 12.7. The van der Waals surface area contributed by atoms with Crippen molar-refractivity contribution < 1.29 is 52.3 Å². The lowest BCUT2D eigenvalue weighted by Crippen LogP contribution is -2.39. The number of hydrogen-bond acceptors (Lipinski definition) is 12. The van der Waals surface area contributed by atoms with Crippen LogP contribution >= 0.6 is 0 Å². The van der Waals surface area contributed by atoms with E-state index in [1.54, 1.807) is 19.9 Å². The summed E-state index contributed by atoms with van der Waals surface area (Å²) in [6.45, 7) is 13.5. The molecule has 12 nitrogen and oxygen atoms in total. The molecular formula is C31H49NO11. The molecule has 43 heavy (non-hydrogen) atoms. The first-order valence-corrected chi connectivity index (χ1v) is 14.9. The second-order valence-electron chi connectivity index (χ2n) is 11.5. The fourth-order valence-corrected chi connectivity index (χ4v) is 3.36. The summed E-state index contributed by atoms with van der Waals surface area (Å²) in [5, 5.41) is 0. The lowest BCUT2D eigenvalue weighted by Gasteiger charge is -2.23. The molecule has 0 saturated carbocycles. The summed E-state index contributed by atoms with van der Waals surface area (Å²) in [4.78, 5) is 49.1. The van der Waals surface area contributed by atoms with Crippen molar-refractivity contribution in [3.8, 4) is 11.5 Å². The van der Waals surface area contributed by atoms with Gasteiger partial charge in [0.05, 0.1) is 19.8 Å². The number of nitrogens with two attached hydrogens (primary N) is 1. The molecule has 0 spiro atoms. The zero-order chi connectivity index (χ0) is 32.4. The normalized spacial score (nSPS) is 13.2. The highest BCUT2D eigenvalue weighted by atomic mass is 16.7. The van der Waals surface area contributed by atoms with Gasteiger partial charge >= 0.3 is 24.4 Å². The smallest absolute Gasteiger partial charge is 0.458 e. The third-order valence-electron chi connectivity index (χ3n) is 5.96. The summed E-state index contributed by atoms with van der Waals surface area (Å²) >= 11 is 0. The fourth-order valence-electron chi connectivity index (χ4n) is 3.36. The zero-order valence-corrected chi connectivity index (χ0v) is 26.6. The molecule has 0 fully saturated rings. The number of benzene rings is 1. The Labute approximate surface area is 254 Å². The van der Waals surface area contributed by atoms with Crippen LogP contribution in [0, 0.1) is 5.41 Å². The largest absolute Gasteiger partial charge is 0.513 e. The van der Waals surface area contributed by atoms with E-state index in [2.05, 4.69) is 0 Å². The third-order valence-corrected chi connectivity index (χ3v) is 5.96. The molecule has 0 aliphatic carbocycles. The Morgan fingerprint density at radius 1 is 0.744 bits per heavy atom. The van der Waals surface area contributed by atoms with E-state index in [4.69, 9.17) is 38.9 Å². The molecule has 0 heterocycles. The second kappa shape index (κ2) is 19.6. The van der Waals surface area contributed by atoms with Gasteiger partial charge in [0.25, 0.3) is 0 Å². The molecule has 244 valence electrons. The van der Waals surface area contributed by atoms with Crippen molar-refractivity contribution in [2.24, 2.45) is 11.1 Å². The molecule has 1 aromatic rings. The molecule has 0 unspecified atom stereocenters. The molecule has 0 aliphatic heterocycles. The van der Waals surface area contributed by atoms with Gasteiger partial charge in [0.1, 0.15) is 18.2 Å². The van der Waals surface area contributed by atoms with Gasteiger partial charge in [0, 0.05) is 0 Å². The van der Waals surface area contributed by atoms with Crippen LogP contribution in [0.15, 0.2) is 18.2 Å². The summed E-state index contributed by atoms with van der Waals surface area (Å²) in [5.41, 5.74) is 6.36. The van der Waals surface area contributed by atoms with Crippen molar-refractivity contribution in [2.45, 2.75) is 112 Å². The van der Waals surface area contributed by atoms with E-state index < -0.39 is 42.7 Å². The fraction of sp³-hybridized carbons (Fsp3) is 0.677. The first kappa shape index (κ1) is 37.5. The van der Waals surface area contributed by atoms with Crippen molar-refractivity contribution >= 4 is 24.4 Å². The van der Waals surface area contributed by atoms with Crippen LogP contribution in [0.2, 0.25) is 0 Å². The molecule has 0 aliphatic rings. The Balaban J connectivity index is 2.85. The predicted octanol–water partition coefficient (Wildman–Crippen LogP) is 6.49. The molecule has 0 saturated heterocycles. The summed E-state index contributed by atoms with van der Waals surface area (Å²) < 4.78 is 36.4. The van der Waals surface area contributed by atoms with Crippen molar-refractivity contribution in [3.05, 3.63) is 23.8 Å². The van der Waals surface area contributed by atoms with Crippen LogP contribution in [-0.4, -0.2) is 62.5 Å². The van der Waals surface area contributed by atoms with Crippen molar-refractivity contribution in [3.63, 3.8) is 0 Å². The molecule has 0 radical (unpaired) electrons. The lowest BCUT2D eigenvalue weighted by atomic mass is 9.99. The lowest BCUT2D eigenvalue weighted by molar-refractivity contribution is -0.155. The van der Waals surface area contributed by atoms with Gasteiger partial charge in [-0.15, -0.1) is 0 Å². The van der Waals surface area contributed by atoms with E-state index in [9.17, 15) is 19.2 Å². The van der Waals surface area contributed by atoms with Crippen molar-refractivity contribution in [1.29, 1.82) is 0 Å². The first-order valence-electron chi connectivity index (χ1n) is 14.9. The van der Waals surface area contributed by atoms with Gasteiger partial charge in [-0.1, -0.05) is 66.4 Å². The molecule has 3 atom stereocenters. The van der Waals surface area contributed by atoms with Crippen LogP contribution in [0.5, 0.6) is 11.5 Å². The van der Waals surface area contributed by atoms with Crippen LogP contribution in [0.1, 0.15) is 92.6 Å². The molecule has 0 bridgehead atoms. The first-order chi connectivity index (χ1) is 20.2. The van der Waals surface area contributed by atoms with E-state index in [0.29, 0.717) is 18.4 Å². The van der Waals surface area contributed by atoms with Gasteiger partial charge in [0.15, 0.2) is 11.5 Å². The average molecular weight is 612 g/mol. The van der Waals surface area contributed by atoms with Gasteiger partial charge in [-0.2, -0.15) is 0 Å². The molecule has 1 aromatic carbocycles. The molecule has 0 aromatic heterocycles. The second-order valence-corrected chi connectivity index (χ2v) is 11.5. The minimum Gasteiger partial charge on any atom is -0.458 e. The number of carbonyl (C=O) groups excluding carboxylic acids is 4. The van der Waals surface area contributed by atoms with Crippen LogP contribution in [0.25, 0.3) is 0 Å². The van der Waals surface area contributed by atoms with Crippen LogP contribution in [0.3, 0.4) is 0 Å². The van der Waals surface area contributed by atoms with E-state index >= 15 is 0 Å². The zero-order valence-electron chi connectivity index (χ0n) is 26.6. The van der Waals surface area contributed by atoms with Gasteiger partial charge in [0.2, 0.25) is 0 Å². The molecule has 2 N–H and O–H groups in total. The summed E-state index contributed by atoms with van der Waals surface area (Å²) in [6.07, 6.45) is 0.703. The minimum absolute atomic E-state index is 0.00192. The Kier molecular flexibility index (Phi) is 17.1. The van der Waals surface area contributed by atoms with E-state index in [1.807, 2.05) is 34.6 Å². The average Bonchev–Trinajstić information content (AvgIpc) is 2.93. The molecular weight excluding hydrogens is 562 g/mol. The van der Waals surface area contributed by atoms with Crippen LogP contribution < -0.4 is 15.2 Å². The Morgan fingerprint density at radius 3 is 1.81 bits per heavy atom. The summed E-state index contributed by atoms with van der Waals surface area (Å²) in [7, 11) is 0. The minimum atomic E-state index is -1.10. The number of unbranched alkanes of at least 4 members (excludes halogenated alkanes) is 4. The standard InChI is InChI=1S/C31H49NO11/c1-8-10-12-16-37-28(34)42-25-15-14-23(19-26(25)43-29(35)38-17-13-11-9-2)18-24(32)27(33)40-21(3)22(4)41-30(36)39-20-31(5,6)7/h14-15,19,21-22,24H,8-13,16-18,20,32H2,1-7H3/t21-,22-,24-/m0/s1. The Morgan fingerprint density at radius 2 is 1.28 bits per heavy atom.